The summed E-state index contributed by atoms with van der Waals surface area (Å²) in [5, 5.41) is 24.1. The topological polar surface area (TPSA) is 94.5 Å². The summed E-state index contributed by atoms with van der Waals surface area (Å²) in [6.45, 7) is 10.6. The lowest BCUT2D eigenvalue weighted by atomic mass is 10.00. The van der Waals surface area contributed by atoms with Crippen molar-refractivity contribution in [3.63, 3.8) is 0 Å². The molecule has 272 valence electrons. The van der Waals surface area contributed by atoms with Gasteiger partial charge in [-0.2, -0.15) is 0 Å². The van der Waals surface area contributed by atoms with Gasteiger partial charge in [-0.05, 0) is 64.7 Å². The van der Waals surface area contributed by atoms with Crippen LogP contribution in [0.2, 0.25) is 5.04 Å². The van der Waals surface area contributed by atoms with Gasteiger partial charge in [0.15, 0.2) is 6.10 Å². The van der Waals surface area contributed by atoms with Crippen molar-refractivity contribution < 1.29 is 38.0 Å². The maximum atomic E-state index is 16.4. The molecule has 0 amide bonds. The van der Waals surface area contributed by atoms with Crippen molar-refractivity contribution in [3.05, 3.63) is 138 Å². The third-order valence-electron chi connectivity index (χ3n) is 9.15. The van der Waals surface area contributed by atoms with E-state index in [2.05, 4.69) is 45.0 Å². The maximum absolute atomic E-state index is 16.4. The van der Waals surface area contributed by atoms with Gasteiger partial charge in [-0.15, -0.1) is 0 Å². The number of methoxy groups -OCH3 is 1. The molecule has 0 spiro atoms. The number of aliphatic hydroxyl groups excluding tert-OH is 2. The summed E-state index contributed by atoms with van der Waals surface area (Å²) in [6.07, 6.45) is -4.17. The summed E-state index contributed by atoms with van der Waals surface area (Å²) in [5.74, 6) is -1.49. The molecule has 0 heterocycles. The predicted molar refractivity (Wildman–Crippen MR) is 201 cm³/mol. The van der Waals surface area contributed by atoms with Crippen LogP contribution in [0, 0.1) is 5.92 Å². The van der Waals surface area contributed by atoms with Gasteiger partial charge < -0.3 is 28.8 Å². The minimum Gasteiger partial charge on any atom is -0.497 e. The lowest BCUT2D eigenvalue weighted by Crippen LogP contribution is -2.67. The lowest BCUT2D eigenvalue weighted by molar-refractivity contribution is -0.0723. The Morgan fingerprint density at radius 1 is 0.824 bits per heavy atom. The largest absolute Gasteiger partial charge is 0.497 e. The molecule has 0 aliphatic heterocycles. The fourth-order valence-electron chi connectivity index (χ4n) is 6.09. The van der Waals surface area contributed by atoms with Crippen LogP contribution in [-0.4, -0.2) is 62.6 Å². The fourth-order valence-corrected chi connectivity index (χ4v) is 10.9. The van der Waals surface area contributed by atoms with E-state index >= 15 is 4.39 Å². The van der Waals surface area contributed by atoms with Crippen LogP contribution in [0.4, 0.5) is 4.39 Å². The molecule has 2 N–H and O–H groups in total. The van der Waals surface area contributed by atoms with Crippen LogP contribution in [-0.2, 0) is 20.5 Å². The monoisotopic (exact) mass is 714 g/mol. The molecule has 5 atom stereocenters. The molecule has 0 saturated carbocycles. The standard InChI is InChI=1S/C42H51FO7Si/c1-30(31(2)50-51(42(3,4)5,35-18-12-8-13-19-35)36-20-14-9-15-21-36)28-37(43)40(49-41(46)33-16-10-7-11-17-33)39(45)38(44)26-27-48-29-32-22-24-34(47-6)25-23-32/h7-25,28,30-31,38-40,44-45H,26-27,29H2,1-6H3/t30-,31-,38+,39+,40?/m0/s1. The number of hydrogen-bond donors (Lipinski definition) is 2. The Morgan fingerprint density at radius 3 is 1.86 bits per heavy atom. The number of carbonyl (C=O) groups is 1. The summed E-state index contributed by atoms with van der Waals surface area (Å²) in [7, 11) is -1.37. The number of aliphatic hydroxyl groups is 2. The van der Waals surface area contributed by atoms with Crippen LogP contribution in [0.15, 0.2) is 127 Å². The fraction of sp³-hybridized carbons (Fsp3) is 0.357. The smallest absolute Gasteiger partial charge is 0.338 e. The van der Waals surface area contributed by atoms with Crippen molar-refractivity contribution in [2.24, 2.45) is 5.92 Å². The molecule has 4 aromatic carbocycles. The van der Waals surface area contributed by atoms with Gasteiger partial charge in [0.25, 0.3) is 8.32 Å². The van der Waals surface area contributed by atoms with Crippen LogP contribution in [0.3, 0.4) is 0 Å². The first-order chi connectivity index (χ1) is 24.4. The van der Waals surface area contributed by atoms with Gasteiger partial charge in [-0.3, -0.25) is 0 Å². The minimum atomic E-state index is -2.96. The van der Waals surface area contributed by atoms with Crippen LogP contribution in [0.5, 0.6) is 5.75 Å². The maximum Gasteiger partial charge on any atom is 0.338 e. The number of esters is 1. The molecule has 0 fully saturated rings. The second-order valence-electron chi connectivity index (χ2n) is 13.8. The first-order valence-corrected chi connectivity index (χ1v) is 19.3. The van der Waals surface area contributed by atoms with Gasteiger partial charge in [0.1, 0.15) is 17.7 Å². The second-order valence-corrected chi connectivity index (χ2v) is 18.1. The SMILES string of the molecule is COc1ccc(COCC[C@@H](O)[C@@H](O)C(OC(=O)c2ccccc2)C(F)=C[C@H](C)[C@H](C)O[Si](c2ccccc2)(c2ccccc2)C(C)(C)C)cc1. The zero-order valence-corrected chi connectivity index (χ0v) is 31.4. The van der Waals surface area contributed by atoms with E-state index in [1.54, 1.807) is 37.4 Å². The minimum absolute atomic E-state index is 0.0209. The summed E-state index contributed by atoms with van der Waals surface area (Å²) in [6, 6.07) is 35.9. The molecular formula is C42H51FO7Si. The van der Waals surface area contributed by atoms with Crippen molar-refractivity contribution in [1.29, 1.82) is 0 Å². The van der Waals surface area contributed by atoms with E-state index in [0.29, 0.717) is 0 Å². The van der Waals surface area contributed by atoms with Gasteiger partial charge in [0, 0.05) is 18.6 Å². The Balaban J connectivity index is 1.56. The van der Waals surface area contributed by atoms with Crippen LogP contribution < -0.4 is 15.1 Å². The highest BCUT2D eigenvalue weighted by molar-refractivity contribution is 6.99. The Bertz CT molecular complexity index is 1620. The quantitative estimate of drug-likeness (QED) is 0.0691. The average Bonchev–Trinajstić information content (AvgIpc) is 3.14. The number of benzene rings is 4. The summed E-state index contributed by atoms with van der Waals surface area (Å²) < 4.78 is 40.0. The Labute approximate surface area is 302 Å². The molecule has 51 heavy (non-hydrogen) atoms. The van der Waals surface area contributed by atoms with Crippen molar-refractivity contribution in [2.45, 2.75) is 77.1 Å². The number of hydrogen-bond acceptors (Lipinski definition) is 7. The van der Waals surface area contributed by atoms with E-state index < -0.39 is 50.4 Å². The zero-order valence-electron chi connectivity index (χ0n) is 30.4. The Hall–Kier alpha value is -4.12. The number of carbonyl (C=O) groups excluding carboxylic acids is 1. The third kappa shape index (κ3) is 10.2. The van der Waals surface area contributed by atoms with Crippen molar-refractivity contribution in [1.82, 2.24) is 0 Å². The average molecular weight is 715 g/mol. The molecule has 0 radical (unpaired) electrons. The van der Waals surface area contributed by atoms with E-state index in [1.807, 2.05) is 74.5 Å². The molecule has 0 aliphatic rings. The highest BCUT2D eigenvalue weighted by Crippen LogP contribution is 2.38. The lowest BCUT2D eigenvalue weighted by Gasteiger charge is -2.45. The van der Waals surface area contributed by atoms with Gasteiger partial charge in [-0.1, -0.05) is 119 Å². The van der Waals surface area contributed by atoms with E-state index in [1.165, 1.54) is 6.08 Å². The first-order valence-electron chi connectivity index (χ1n) is 17.4. The van der Waals surface area contributed by atoms with Gasteiger partial charge in [0.05, 0.1) is 25.4 Å². The molecule has 4 rings (SSSR count). The molecule has 0 aliphatic carbocycles. The van der Waals surface area contributed by atoms with Crippen molar-refractivity contribution in [2.75, 3.05) is 13.7 Å². The summed E-state index contributed by atoms with van der Waals surface area (Å²) in [4.78, 5) is 13.1. The van der Waals surface area contributed by atoms with E-state index in [9.17, 15) is 15.0 Å². The normalized spacial score (nSPS) is 15.4. The van der Waals surface area contributed by atoms with Crippen LogP contribution in [0.25, 0.3) is 0 Å². The molecule has 7 nitrogen and oxygen atoms in total. The van der Waals surface area contributed by atoms with E-state index in [-0.39, 0.29) is 30.2 Å². The van der Waals surface area contributed by atoms with Crippen LogP contribution in [0.1, 0.15) is 57.0 Å². The molecule has 0 aromatic heterocycles. The molecule has 1 unspecified atom stereocenters. The number of ether oxygens (including phenoxy) is 3. The molecule has 0 saturated heterocycles. The molecule has 4 aromatic rings. The Kier molecular flexibility index (Phi) is 14.3. The highest BCUT2D eigenvalue weighted by atomic mass is 28.4. The molecule has 9 heteroatoms. The third-order valence-corrected chi connectivity index (χ3v) is 14.3. The van der Waals surface area contributed by atoms with Crippen molar-refractivity contribution in [3.8, 4) is 5.75 Å². The van der Waals surface area contributed by atoms with Crippen molar-refractivity contribution >= 4 is 24.7 Å². The van der Waals surface area contributed by atoms with E-state index in [4.69, 9.17) is 18.6 Å². The van der Waals surface area contributed by atoms with E-state index in [0.717, 1.165) is 21.7 Å². The highest BCUT2D eigenvalue weighted by Gasteiger charge is 2.51. The Morgan fingerprint density at radius 2 is 1.35 bits per heavy atom. The predicted octanol–water partition coefficient (Wildman–Crippen LogP) is 7.00. The number of halogens is 1. The first kappa shape index (κ1) is 39.7. The second kappa shape index (κ2) is 18.4. The zero-order chi connectivity index (χ0) is 37.0. The summed E-state index contributed by atoms with van der Waals surface area (Å²) >= 11 is 0. The molecular weight excluding hydrogens is 664 g/mol. The summed E-state index contributed by atoms with van der Waals surface area (Å²) in [5.41, 5.74) is 1.09. The van der Waals surface area contributed by atoms with Gasteiger partial charge in [-0.25, -0.2) is 9.18 Å². The van der Waals surface area contributed by atoms with Gasteiger partial charge >= 0.3 is 5.97 Å². The van der Waals surface area contributed by atoms with Crippen LogP contribution >= 0.6 is 0 Å². The number of rotatable bonds is 17. The molecule has 0 bridgehead atoms. The van der Waals surface area contributed by atoms with Gasteiger partial charge in [0.2, 0.25) is 0 Å².